The number of nitrogens with one attached hydrogen (secondary N) is 2. The summed E-state index contributed by atoms with van der Waals surface area (Å²) in [5, 5.41) is 20.3. The van der Waals surface area contributed by atoms with Crippen molar-refractivity contribution in [3.8, 4) is 0 Å². The van der Waals surface area contributed by atoms with Gasteiger partial charge >= 0.3 is 6.09 Å². The SMILES string of the molecule is CN(C(=O)OC(C)(C)C)c1cc(Nc2cccn([C@@H]3CCCOC3)c2=O)nc2c(C(=O)N[C@@H]3CC[C@@H](O)C3)cnn12. The molecule has 0 bridgehead atoms. The minimum absolute atomic E-state index is 0.0680. The highest BCUT2D eigenvalue weighted by atomic mass is 16.6. The Labute approximate surface area is 237 Å². The maximum absolute atomic E-state index is 13.4. The number of anilines is 3. The first-order valence-corrected chi connectivity index (χ1v) is 13.9. The van der Waals surface area contributed by atoms with Gasteiger partial charge in [-0.25, -0.2) is 9.78 Å². The fourth-order valence-corrected chi connectivity index (χ4v) is 5.16. The van der Waals surface area contributed by atoms with Gasteiger partial charge in [0.15, 0.2) is 5.65 Å². The van der Waals surface area contributed by atoms with Crippen molar-refractivity contribution >= 4 is 35.0 Å². The maximum Gasteiger partial charge on any atom is 0.415 e. The quantitative estimate of drug-likeness (QED) is 0.408. The molecule has 13 heteroatoms. The number of aliphatic hydroxyl groups is 1. The predicted molar refractivity (Wildman–Crippen MR) is 152 cm³/mol. The molecule has 3 atom stereocenters. The average Bonchev–Trinajstić information content (AvgIpc) is 3.54. The summed E-state index contributed by atoms with van der Waals surface area (Å²) in [6.45, 7) is 6.44. The molecule has 4 heterocycles. The van der Waals surface area contributed by atoms with E-state index in [2.05, 4.69) is 20.7 Å². The van der Waals surface area contributed by atoms with Gasteiger partial charge in [0.05, 0.1) is 24.9 Å². The van der Waals surface area contributed by atoms with E-state index in [-0.39, 0.29) is 46.2 Å². The summed E-state index contributed by atoms with van der Waals surface area (Å²) in [7, 11) is 1.53. The van der Waals surface area contributed by atoms with Gasteiger partial charge in [-0.3, -0.25) is 14.5 Å². The second kappa shape index (κ2) is 11.5. The first-order chi connectivity index (χ1) is 19.5. The number of aromatic nitrogens is 4. The number of carbonyl (C=O) groups is 2. The third-order valence-corrected chi connectivity index (χ3v) is 7.22. The molecule has 0 radical (unpaired) electrons. The Hall–Kier alpha value is -3.97. The third kappa shape index (κ3) is 6.35. The summed E-state index contributed by atoms with van der Waals surface area (Å²) in [6, 6.07) is 4.77. The molecule has 1 saturated carbocycles. The number of hydrogen-bond donors (Lipinski definition) is 3. The molecule has 0 aromatic carbocycles. The van der Waals surface area contributed by atoms with Crippen molar-refractivity contribution in [1.82, 2.24) is 24.5 Å². The number of carbonyl (C=O) groups excluding carboxylic acids is 2. The second-order valence-electron chi connectivity index (χ2n) is 11.6. The topological polar surface area (TPSA) is 152 Å². The molecule has 2 fully saturated rings. The Kier molecular flexibility index (Phi) is 8.00. The minimum atomic E-state index is -0.739. The summed E-state index contributed by atoms with van der Waals surface area (Å²) < 4.78 is 14.2. The maximum atomic E-state index is 13.4. The van der Waals surface area contributed by atoms with Crippen LogP contribution in [-0.4, -0.2) is 74.3 Å². The van der Waals surface area contributed by atoms with E-state index in [0.29, 0.717) is 32.5 Å². The van der Waals surface area contributed by atoms with Crippen LogP contribution < -0.4 is 21.1 Å². The highest BCUT2D eigenvalue weighted by Crippen LogP contribution is 2.26. The molecular weight excluding hydrogens is 530 g/mol. The zero-order chi connectivity index (χ0) is 29.3. The van der Waals surface area contributed by atoms with Gasteiger partial charge in [0.2, 0.25) is 0 Å². The Morgan fingerprint density at radius 2 is 2.05 bits per heavy atom. The lowest BCUT2D eigenvalue weighted by Gasteiger charge is -2.25. The number of ether oxygens (including phenoxy) is 2. The van der Waals surface area contributed by atoms with Gasteiger partial charge in [-0.2, -0.15) is 9.61 Å². The van der Waals surface area contributed by atoms with Crippen molar-refractivity contribution in [3.05, 3.63) is 46.5 Å². The molecule has 1 saturated heterocycles. The molecular formula is C28H37N7O6. The van der Waals surface area contributed by atoms with Crippen LogP contribution in [0.1, 0.15) is 69.3 Å². The largest absolute Gasteiger partial charge is 0.443 e. The van der Waals surface area contributed by atoms with Crippen LogP contribution in [0.3, 0.4) is 0 Å². The van der Waals surface area contributed by atoms with Gasteiger partial charge in [-0.05, 0) is 65.0 Å². The monoisotopic (exact) mass is 567 g/mol. The van der Waals surface area contributed by atoms with E-state index in [1.807, 2.05) is 0 Å². The Bertz CT molecular complexity index is 1490. The van der Waals surface area contributed by atoms with Crippen LogP contribution in [0.15, 0.2) is 35.4 Å². The molecule has 3 aromatic heterocycles. The number of amides is 2. The van der Waals surface area contributed by atoms with E-state index in [9.17, 15) is 19.5 Å². The van der Waals surface area contributed by atoms with E-state index in [1.165, 1.54) is 22.7 Å². The first kappa shape index (κ1) is 28.6. The van der Waals surface area contributed by atoms with Crippen molar-refractivity contribution in [3.63, 3.8) is 0 Å². The number of rotatable bonds is 6. The molecule has 220 valence electrons. The van der Waals surface area contributed by atoms with Crippen LogP contribution in [0.2, 0.25) is 0 Å². The zero-order valence-corrected chi connectivity index (χ0v) is 23.8. The van der Waals surface area contributed by atoms with Crippen molar-refractivity contribution in [1.29, 1.82) is 0 Å². The number of aliphatic hydroxyl groups excluding tert-OH is 1. The normalized spacial score (nSPS) is 21.0. The van der Waals surface area contributed by atoms with Gasteiger partial charge in [0, 0.05) is 32.0 Å². The highest BCUT2D eigenvalue weighted by molar-refractivity contribution is 6.00. The summed E-state index contributed by atoms with van der Waals surface area (Å²) in [6.07, 6.45) is 5.54. The van der Waals surface area contributed by atoms with Crippen molar-refractivity contribution in [2.24, 2.45) is 0 Å². The standard InChI is InChI=1S/C28H37N7O6/c1-28(2,3)41-27(39)33(4)23-14-22(31-21-8-5-11-34(26(21)38)18-7-6-12-40-16-18)32-24-20(15-29-35(23)24)25(37)30-17-9-10-19(36)13-17/h5,8,11,14-15,17-19,36H,6-7,9-10,12-13,16H2,1-4H3,(H,30,37)(H,31,32)/t17-,18-,19-/m1/s1. The Morgan fingerprint density at radius 3 is 2.73 bits per heavy atom. The molecule has 0 spiro atoms. The van der Waals surface area contributed by atoms with Crippen LogP contribution in [0.5, 0.6) is 0 Å². The van der Waals surface area contributed by atoms with Gasteiger partial charge < -0.3 is 29.8 Å². The van der Waals surface area contributed by atoms with E-state index < -0.39 is 23.7 Å². The summed E-state index contributed by atoms with van der Waals surface area (Å²) in [5.74, 6) is 0.122. The van der Waals surface area contributed by atoms with E-state index in [1.54, 1.807) is 49.7 Å². The fraction of sp³-hybridized carbons (Fsp3) is 0.536. The van der Waals surface area contributed by atoms with Crippen LogP contribution in [0.4, 0.5) is 22.1 Å². The lowest BCUT2D eigenvalue weighted by Crippen LogP contribution is -2.35. The predicted octanol–water partition coefficient (Wildman–Crippen LogP) is 3.00. The van der Waals surface area contributed by atoms with Gasteiger partial charge in [-0.1, -0.05) is 0 Å². The Balaban J connectivity index is 1.52. The van der Waals surface area contributed by atoms with Crippen LogP contribution in [-0.2, 0) is 9.47 Å². The fourth-order valence-electron chi connectivity index (χ4n) is 5.16. The molecule has 1 aliphatic heterocycles. The van der Waals surface area contributed by atoms with Crippen LogP contribution in [0, 0.1) is 0 Å². The van der Waals surface area contributed by atoms with Gasteiger partial charge in [0.25, 0.3) is 11.5 Å². The number of pyridine rings is 1. The summed E-state index contributed by atoms with van der Waals surface area (Å²) in [4.78, 5) is 45.6. The van der Waals surface area contributed by atoms with Crippen molar-refractivity contribution < 1.29 is 24.2 Å². The van der Waals surface area contributed by atoms with Crippen LogP contribution >= 0.6 is 0 Å². The number of nitrogens with zero attached hydrogens (tertiary/aromatic N) is 5. The van der Waals surface area contributed by atoms with E-state index in [0.717, 1.165) is 12.8 Å². The smallest absolute Gasteiger partial charge is 0.415 e. The molecule has 3 N–H and O–H groups in total. The average molecular weight is 568 g/mol. The minimum Gasteiger partial charge on any atom is -0.443 e. The van der Waals surface area contributed by atoms with Crippen LogP contribution in [0.25, 0.3) is 5.65 Å². The molecule has 0 unspecified atom stereocenters. The van der Waals surface area contributed by atoms with Crippen molar-refractivity contribution in [2.75, 3.05) is 30.5 Å². The molecule has 3 aromatic rings. The first-order valence-electron chi connectivity index (χ1n) is 13.9. The van der Waals surface area contributed by atoms with Gasteiger partial charge in [-0.15, -0.1) is 0 Å². The van der Waals surface area contributed by atoms with Gasteiger partial charge in [0.1, 0.15) is 28.5 Å². The number of hydrogen-bond acceptors (Lipinski definition) is 9. The van der Waals surface area contributed by atoms with E-state index >= 15 is 0 Å². The third-order valence-electron chi connectivity index (χ3n) is 7.22. The second-order valence-corrected chi connectivity index (χ2v) is 11.6. The molecule has 13 nitrogen and oxygen atoms in total. The number of fused-ring (bicyclic) bond motifs is 1. The van der Waals surface area contributed by atoms with Crippen molar-refractivity contribution in [2.45, 2.75) is 76.7 Å². The summed E-state index contributed by atoms with van der Waals surface area (Å²) >= 11 is 0. The zero-order valence-electron chi connectivity index (χ0n) is 23.8. The summed E-state index contributed by atoms with van der Waals surface area (Å²) in [5.41, 5.74) is -0.311. The Morgan fingerprint density at radius 1 is 1.24 bits per heavy atom. The molecule has 5 rings (SSSR count). The molecule has 2 aliphatic rings. The lowest BCUT2D eigenvalue weighted by molar-refractivity contribution is 0.0580. The lowest BCUT2D eigenvalue weighted by atomic mass is 10.1. The highest BCUT2D eigenvalue weighted by Gasteiger charge is 2.28. The molecule has 41 heavy (non-hydrogen) atoms. The van der Waals surface area contributed by atoms with E-state index in [4.69, 9.17) is 9.47 Å². The molecule has 1 aliphatic carbocycles. The molecule has 2 amide bonds.